The molecule has 2 aliphatic rings. The SMILES string of the molecule is CCN1c2cc(Cl)c(Cl)cc2N(CC)C1C1(C(CCS(=O)(=O)O)S(=O)(=O)O)N=c2[c]c(C#N)c(Cl)cc2=N1. The van der Waals surface area contributed by atoms with E-state index in [-0.39, 0.29) is 31.3 Å². The van der Waals surface area contributed by atoms with E-state index in [4.69, 9.17) is 34.8 Å². The monoisotopic (exact) mass is 620 g/mol. The summed E-state index contributed by atoms with van der Waals surface area (Å²) in [6.45, 7) is 4.18. The minimum absolute atomic E-state index is 0.00434. The summed E-state index contributed by atoms with van der Waals surface area (Å²) in [6.07, 6.45) is -1.79. The Labute approximate surface area is 234 Å². The van der Waals surface area contributed by atoms with Crippen molar-refractivity contribution < 1.29 is 25.9 Å². The number of nitriles is 1. The molecule has 203 valence electrons. The molecule has 0 aromatic heterocycles. The van der Waals surface area contributed by atoms with Crippen LogP contribution in [0.15, 0.2) is 28.2 Å². The lowest BCUT2D eigenvalue weighted by atomic mass is 9.99. The van der Waals surface area contributed by atoms with Gasteiger partial charge in [-0.3, -0.25) is 9.11 Å². The van der Waals surface area contributed by atoms with Crippen molar-refractivity contribution in [3.05, 3.63) is 55.6 Å². The molecule has 0 bridgehead atoms. The fraction of sp³-hybridized carbons (Fsp3) is 0.409. The van der Waals surface area contributed by atoms with Crippen LogP contribution in [0.1, 0.15) is 25.8 Å². The van der Waals surface area contributed by atoms with Gasteiger partial charge in [0.05, 0.1) is 48.5 Å². The van der Waals surface area contributed by atoms with Gasteiger partial charge in [-0.2, -0.15) is 22.1 Å². The first-order chi connectivity index (χ1) is 17.7. The number of halogens is 3. The van der Waals surface area contributed by atoms with E-state index in [1.165, 1.54) is 6.07 Å². The number of anilines is 2. The molecular formula is C22H21Cl3N5O6S2. The lowest BCUT2D eigenvalue weighted by molar-refractivity contribution is 0.303. The third-order valence-corrected chi connectivity index (χ3v) is 9.52. The summed E-state index contributed by atoms with van der Waals surface area (Å²) in [5.41, 5.74) is -0.996. The molecule has 0 saturated heterocycles. The zero-order valence-corrected chi connectivity index (χ0v) is 23.8. The first kappa shape index (κ1) is 28.8. The van der Waals surface area contributed by atoms with Crippen molar-refractivity contribution in [1.29, 1.82) is 5.26 Å². The molecule has 0 saturated carbocycles. The van der Waals surface area contributed by atoms with Gasteiger partial charge in [-0.05, 0) is 38.5 Å². The second-order valence-corrected chi connectivity index (χ2v) is 13.0. The van der Waals surface area contributed by atoms with Gasteiger partial charge in [0.25, 0.3) is 20.2 Å². The summed E-state index contributed by atoms with van der Waals surface area (Å²) >= 11 is 18.8. The zero-order valence-electron chi connectivity index (χ0n) is 19.9. The Balaban J connectivity index is 2.07. The maximum Gasteiger partial charge on any atom is 0.272 e. The van der Waals surface area contributed by atoms with Gasteiger partial charge in [-0.25, -0.2) is 9.98 Å². The summed E-state index contributed by atoms with van der Waals surface area (Å²) in [6, 6.07) is 9.14. The highest BCUT2D eigenvalue weighted by Gasteiger charge is 2.59. The van der Waals surface area contributed by atoms with Crippen molar-refractivity contribution in [2.75, 3.05) is 28.6 Å². The molecular weight excluding hydrogens is 601 g/mol. The number of hydrogen-bond acceptors (Lipinski definition) is 9. The Hall–Kier alpha value is -2.18. The highest BCUT2D eigenvalue weighted by molar-refractivity contribution is 7.87. The fourth-order valence-corrected chi connectivity index (χ4v) is 7.25. The van der Waals surface area contributed by atoms with E-state index in [0.29, 0.717) is 24.5 Å². The number of nitrogens with zero attached hydrogens (tertiary/aromatic N) is 5. The normalized spacial score (nSPS) is 19.9. The van der Waals surface area contributed by atoms with E-state index in [0.717, 1.165) is 0 Å². The lowest BCUT2D eigenvalue weighted by Gasteiger charge is -2.44. The fourth-order valence-electron chi connectivity index (χ4n) is 4.98. The lowest BCUT2D eigenvalue weighted by Crippen LogP contribution is -2.64. The highest BCUT2D eigenvalue weighted by Crippen LogP contribution is 2.49. The van der Waals surface area contributed by atoms with Gasteiger partial charge in [0, 0.05) is 19.2 Å². The molecule has 2 aromatic carbocycles. The van der Waals surface area contributed by atoms with Gasteiger partial charge < -0.3 is 9.80 Å². The van der Waals surface area contributed by atoms with Gasteiger partial charge in [-0.15, -0.1) is 0 Å². The Kier molecular flexibility index (Phi) is 7.65. The van der Waals surface area contributed by atoms with Crippen molar-refractivity contribution in [1.82, 2.24) is 0 Å². The number of likely N-dealkylation sites (N-methyl/N-ethyl adjacent to an activating group) is 2. The Morgan fingerprint density at radius 1 is 1.03 bits per heavy atom. The van der Waals surface area contributed by atoms with Crippen LogP contribution in [-0.4, -0.2) is 61.9 Å². The molecule has 0 fully saturated rings. The van der Waals surface area contributed by atoms with Crippen molar-refractivity contribution >= 4 is 66.4 Å². The summed E-state index contributed by atoms with van der Waals surface area (Å²) in [5, 5.41) is 8.06. The van der Waals surface area contributed by atoms with Gasteiger partial charge >= 0.3 is 0 Å². The van der Waals surface area contributed by atoms with Crippen molar-refractivity contribution in [2.24, 2.45) is 9.98 Å². The van der Waals surface area contributed by atoms with Crippen LogP contribution in [0.2, 0.25) is 15.1 Å². The largest absolute Gasteiger partial charge is 0.346 e. The van der Waals surface area contributed by atoms with Crippen LogP contribution in [0.5, 0.6) is 0 Å². The van der Waals surface area contributed by atoms with E-state index in [2.05, 4.69) is 16.1 Å². The number of hydrogen-bond donors (Lipinski definition) is 2. The van der Waals surface area contributed by atoms with Crippen LogP contribution >= 0.6 is 34.8 Å². The average Bonchev–Trinajstić information content (AvgIpc) is 3.32. The molecule has 16 heteroatoms. The Bertz CT molecular complexity index is 1660. The Morgan fingerprint density at radius 2 is 1.58 bits per heavy atom. The average molecular weight is 622 g/mol. The standard InChI is InChI=1S/C22H21Cl3N5O6S2/c1-3-29-18-9-14(24)15(25)10-19(18)30(4-2)21(29)22(20(38(34,35)36)5-6-37(31,32)33)27-16-7-12(11-26)13(23)8-17(16)28-22/h8-10,20-21H,3-6H2,1-2H3,(H,31,32,33)(H,34,35,36). The van der Waals surface area contributed by atoms with E-state index in [1.54, 1.807) is 35.8 Å². The first-order valence-electron chi connectivity index (χ1n) is 11.2. The van der Waals surface area contributed by atoms with Gasteiger partial charge in [-0.1, -0.05) is 34.8 Å². The predicted octanol–water partition coefficient (Wildman–Crippen LogP) is 2.49. The van der Waals surface area contributed by atoms with Crippen LogP contribution in [0.25, 0.3) is 0 Å². The van der Waals surface area contributed by atoms with Crippen LogP contribution in [-0.2, 0) is 20.2 Å². The van der Waals surface area contributed by atoms with Crippen molar-refractivity contribution in [2.45, 2.75) is 37.3 Å². The van der Waals surface area contributed by atoms with E-state index < -0.39 is 49.5 Å². The van der Waals surface area contributed by atoms with Crippen molar-refractivity contribution in [3.8, 4) is 6.07 Å². The van der Waals surface area contributed by atoms with Crippen LogP contribution in [0.4, 0.5) is 11.4 Å². The molecule has 2 heterocycles. The second-order valence-electron chi connectivity index (χ2n) is 8.62. The molecule has 1 radical (unpaired) electrons. The highest BCUT2D eigenvalue weighted by atomic mass is 35.5. The van der Waals surface area contributed by atoms with E-state index in [1.807, 2.05) is 6.07 Å². The summed E-state index contributed by atoms with van der Waals surface area (Å²) in [7, 11) is -9.70. The third-order valence-electron chi connectivity index (χ3n) is 6.45. The minimum atomic E-state index is -5.06. The van der Waals surface area contributed by atoms with Crippen LogP contribution in [0, 0.1) is 17.4 Å². The molecule has 2 atom stereocenters. The Morgan fingerprint density at radius 3 is 2.03 bits per heavy atom. The van der Waals surface area contributed by atoms with E-state index >= 15 is 0 Å². The molecule has 38 heavy (non-hydrogen) atoms. The number of fused-ring (bicyclic) bond motifs is 2. The molecule has 0 spiro atoms. The molecule has 0 aliphatic carbocycles. The van der Waals surface area contributed by atoms with Crippen LogP contribution in [0.3, 0.4) is 0 Å². The van der Waals surface area contributed by atoms with Crippen molar-refractivity contribution in [3.63, 3.8) is 0 Å². The van der Waals surface area contributed by atoms with Crippen LogP contribution < -0.4 is 20.5 Å². The topological polar surface area (TPSA) is 164 Å². The predicted molar refractivity (Wildman–Crippen MR) is 143 cm³/mol. The van der Waals surface area contributed by atoms with Gasteiger partial charge in [0.15, 0.2) is 0 Å². The van der Waals surface area contributed by atoms with E-state index in [9.17, 15) is 31.2 Å². The maximum atomic E-state index is 12.9. The summed E-state index contributed by atoms with van der Waals surface area (Å²) in [5.74, 6) is -0.996. The summed E-state index contributed by atoms with van der Waals surface area (Å²) < 4.78 is 69.0. The smallest absolute Gasteiger partial charge is 0.272 e. The second kappa shape index (κ2) is 10.1. The first-order valence-corrected chi connectivity index (χ1v) is 15.5. The van der Waals surface area contributed by atoms with Gasteiger partial charge in [0.1, 0.15) is 17.5 Å². The molecule has 2 N–H and O–H groups in total. The molecule has 4 rings (SSSR count). The summed E-state index contributed by atoms with van der Waals surface area (Å²) in [4.78, 5) is 12.8. The zero-order chi connectivity index (χ0) is 28.2. The molecule has 2 aromatic rings. The molecule has 0 amide bonds. The number of rotatable bonds is 8. The molecule has 2 unspecified atom stereocenters. The quantitative estimate of drug-likeness (QED) is 0.422. The van der Waals surface area contributed by atoms with Gasteiger partial charge in [0.2, 0.25) is 5.66 Å². The number of benzene rings is 2. The third kappa shape index (κ3) is 4.95. The molecule has 2 aliphatic heterocycles. The maximum absolute atomic E-state index is 12.9. The molecule has 11 nitrogen and oxygen atoms in total. The minimum Gasteiger partial charge on any atom is -0.346 e.